The SMILES string of the molecule is CCCC1CCCN(C(=O)c2cc(C(=O)O)co2)CC1. The summed E-state index contributed by atoms with van der Waals surface area (Å²) in [5.41, 5.74) is 0.0204. The summed E-state index contributed by atoms with van der Waals surface area (Å²) >= 11 is 0. The van der Waals surface area contributed by atoms with Gasteiger partial charge in [-0.1, -0.05) is 19.8 Å². The quantitative estimate of drug-likeness (QED) is 0.919. The molecule has 5 nitrogen and oxygen atoms in total. The van der Waals surface area contributed by atoms with Crippen LogP contribution in [0.1, 0.15) is 59.9 Å². The van der Waals surface area contributed by atoms with Crippen molar-refractivity contribution in [2.24, 2.45) is 5.92 Å². The van der Waals surface area contributed by atoms with Gasteiger partial charge in [0.05, 0.1) is 5.56 Å². The normalized spacial score (nSPS) is 19.6. The van der Waals surface area contributed by atoms with Crippen molar-refractivity contribution in [3.8, 4) is 0 Å². The van der Waals surface area contributed by atoms with Gasteiger partial charge in [-0.05, 0) is 25.2 Å². The number of nitrogens with zero attached hydrogens (tertiary/aromatic N) is 1. The van der Waals surface area contributed by atoms with Gasteiger partial charge in [0, 0.05) is 19.2 Å². The van der Waals surface area contributed by atoms with Crippen LogP contribution in [-0.2, 0) is 0 Å². The maximum atomic E-state index is 12.3. The number of carbonyl (C=O) groups excluding carboxylic acids is 1. The first-order valence-corrected chi connectivity index (χ1v) is 7.23. The van der Waals surface area contributed by atoms with Gasteiger partial charge in [-0.2, -0.15) is 0 Å². The zero-order valence-electron chi connectivity index (χ0n) is 11.8. The molecule has 1 amide bonds. The van der Waals surface area contributed by atoms with Crippen LogP contribution >= 0.6 is 0 Å². The molecule has 1 aromatic rings. The molecule has 20 heavy (non-hydrogen) atoms. The van der Waals surface area contributed by atoms with E-state index in [1.54, 1.807) is 4.90 Å². The first-order valence-electron chi connectivity index (χ1n) is 7.23. The lowest BCUT2D eigenvalue weighted by molar-refractivity contribution is 0.0694. The van der Waals surface area contributed by atoms with Gasteiger partial charge < -0.3 is 14.4 Å². The van der Waals surface area contributed by atoms with Crippen LogP contribution in [0.2, 0.25) is 0 Å². The maximum absolute atomic E-state index is 12.3. The summed E-state index contributed by atoms with van der Waals surface area (Å²) in [6.45, 7) is 3.64. The second-order valence-electron chi connectivity index (χ2n) is 5.38. The van der Waals surface area contributed by atoms with Crippen LogP contribution in [0.15, 0.2) is 16.7 Å². The Kier molecular flexibility index (Phi) is 4.82. The van der Waals surface area contributed by atoms with Gasteiger partial charge in [0.2, 0.25) is 0 Å². The molecule has 1 fully saturated rings. The van der Waals surface area contributed by atoms with Crippen molar-refractivity contribution >= 4 is 11.9 Å². The Morgan fingerprint density at radius 2 is 2.20 bits per heavy atom. The van der Waals surface area contributed by atoms with E-state index in [0.717, 1.165) is 38.6 Å². The smallest absolute Gasteiger partial charge is 0.338 e. The van der Waals surface area contributed by atoms with Crippen molar-refractivity contribution in [2.45, 2.75) is 39.0 Å². The number of carboxylic acid groups (broad SMARTS) is 1. The van der Waals surface area contributed by atoms with Crippen LogP contribution in [0.3, 0.4) is 0 Å². The number of amides is 1. The summed E-state index contributed by atoms with van der Waals surface area (Å²) in [5.74, 6) is -0.457. The summed E-state index contributed by atoms with van der Waals surface area (Å²) in [5, 5.41) is 8.84. The van der Waals surface area contributed by atoms with Crippen LogP contribution in [0.25, 0.3) is 0 Å². The molecule has 0 saturated carbocycles. The van der Waals surface area contributed by atoms with Gasteiger partial charge in [0.15, 0.2) is 5.76 Å². The third-order valence-electron chi connectivity index (χ3n) is 3.89. The standard InChI is InChI=1S/C15H21NO4/c1-2-4-11-5-3-7-16(8-6-11)14(17)13-9-12(10-20-13)15(18)19/h9-11H,2-8H2,1H3,(H,18,19). The van der Waals surface area contributed by atoms with Crippen LogP contribution < -0.4 is 0 Å². The van der Waals surface area contributed by atoms with Crippen molar-refractivity contribution in [2.75, 3.05) is 13.1 Å². The Morgan fingerprint density at radius 3 is 2.85 bits per heavy atom. The first-order chi connectivity index (χ1) is 9.61. The number of carbonyl (C=O) groups is 2. The molecule has 0 spiro atoms. The molecular formula is C15H21NO4. The molecule has 1 aromatic heterocycles. The highest BCUT2D eigenvalue weighted by atomic mass is 16.4. The highest BCUT2D eigenvalue weighted by Crippen LogP contribution is 2.23. The number of carboxylic acids is 1. The van der Waals surface area contributed by atoms with Gasteiger partial charge in [-0.25, -0.2) is 4.79 Å². The van der Waals surface area contributed by atoms with E-state index in [0.29, 0.717) is 5.92 Å². The predicted octanol–water partition coefficient (Wildman–Crippen LogP) is 3.02. The summed E-state index contributed by atoms with van der Waals surface area (Å²) in [6.07, 6.45) is 6.70. The lowest BCUT2D eigenvalue weighted by Crippen LogP contribution is -2.31. The highest BCUT2D eigenvalue weighted by Gasteiger charge is 2.24. The van der Waals surface area contributed by atoms with Gasteiger partial charge in [-0.3, -0.25) is 4.79 Å². The molecule has 2 rings (SSSR count). The number of likely N-dealkylation sites (tertiary alicyclic amines) is 1. The maximum Gasteiger partial charge on any atom is 0.338 e. The van der Waals surface area contributed by atoms with Crippen LogP contribution in [-0.4, -0.2) is 35.0 Å². The van der Waals surface area contributed by atoms with E-state index < -0.39 is 5.97 Å². The third-order valence-corrected chi connectivity index (χ3v) is 3.89. The molecule has 1 atom stereocenters. The molecule has 110 valence electrons. The molecule has 1 unspecified atom stereocenters. The monoisotopic (exact) mass is 279 g/mol. The van der Waals surface area contributed by atoms with E-state index in [1.807, 2.05) is 0 Å². The molecule has 1 aliphatic heterocycles. The van der Waals surface area contributed by atoms with Crippen LogP contribution in [0.4, 0.5) is 0 Å². The van der Waals surface area contributed by atoms with E-state index in [2.05, 4.69) is 6.92 Å². The van der Waals surface area contributed by atoms with Crippen molar-refractivity contribution in [1.29, 1.82) is 0 Å². The molecular weight excluding hydrogens is 258 g/mol. The van der Waals surface area contributed by atoms with Crippen molar-refractivity contribution in [1.82, 2.24) is 4.90 Å². The molecule has 1 aliphatic rings. The first kappa shape index (κ1) is 14.6. The Morgan fingerprint density at radius 1 is 1.40 bits per heavy atom. The van der Waals surface area contributed by atoms with E-state index in [-0.39, 0.29) is 17.2 Å². The minimum absolute atomic E-state index is 0.0204. The lowest BCUT2D eigenvalue weighted by atomic mass is 9.96. The number of hydrogen-bond acceptors (Lipinski definition) is 3. The summed E-state index contributed by atoms with van der Waals surface area (Å²) < 4.78 is 5.08. The van der Waals surface area contributed by atoms with Gasteiger partial charge in [0.25, 0.3) is 5.91 Å². The van der Waals surface area contributed by atoms with Gasteiger partial charge in [-0.15, -0.1) is 0 Å². The molecule has 0 aromatic carbocycles. The van der Waals surface area contributed by atoms with Crippen molar-refractivity contribution in [3.63, 3.8) is 0 Å². The molecule has 0 radical (unpaired) electrons. The fraction of sp³-hybridized carbons (Fsp3) is 0.600. The molecule has 1 N–H and O–H groups in total. The lowest BCUT2D eigenvalue weighted by Gasteiger charge is -2.19. The second kappa shape index (κ2) is 6.59. The summed E-state index contributed by atoms with van der Waals surface area (Å²) in [6, 6.07) is 1.30. The van der Waals surface area contributed by atoms with Crippen LogP contribution in [0.5, 0.6) is 0 Å². The van der Waals surface area contributed by atoms with E-state index in [4.69, 9.17) is 9.52 Å². The molecule has 1 saturated heterocycles. The molecule has 5 heteroatoms. The van der Waals surface area contributed by atoms with Gasteiger partial charge in [0.1, 0.15) is 6.26 Å². The van der Waals surface area contributed by atoms with Crippen LogP contribution in [0, 0.1) is 5.92 Å². The molecule has 2 heterocycles. The average Bonchev–Trinajstić information content (AvgIpc) is 2.80. The van der Waals surface area contributed by atoms with E-state index >= 15 is 0 Å². The molecule has 0 bridgehead atoms. The molecule has 0 aliphatic carbocycles. The van der Waals surface area contributed by atoms with Crippen molar-refractivity contribution < 1.29 is 19.1 Å². The van der Waals surface area contributed by atoms with E-state index in [9.17, 15) is 9.59 Å². The van der Waals surface area contributed by atoms with Crippen molar-refractivity contribution in [3.05, 3.63) is 23.7 Å². The summed E-state index contributed by atoms with van der Waals surface area (Å²) in [4.78, 5) is 24.9. The Bertz CT molecular complexity index is 480. The number of hydrogen-bond donors (Lipinski definition) is 1. The summed E-state index contributed by atoms with van der Waals surface area (Å²) in [7, 11) is 0. The minimum atomic E-state index is -1.08. The fourth-order valence-electron chi connectivity index (χ4n) is 2.78. The fourth-order valence-corrected chi connectivity index (χ4v) is 2.78. The number of rotatable bonds is 4. The van der Waals surface area contributed by atoms with E-state index in [1.165, 1.54) is 18.9 Å². The highest BCUT2D eigenvalue weighted by molar-refractivity contribution is 5.95. The Labute approximate surface area is 118 Å². The number of furan rings is 1. The predicted molar refractivity (Wildman–Crippen MR) is 73.8 cm³/mol. The Balaban J connectivity index is 1.99. The topological polar surface area (TPSA) is 70.8 Å². The third kappa shape index (κ3) is 3.40. The Hall–Kier alpha value is -1.78. The largest absolute Gasteiger partial charge is 0.478 e. The number of aromatic carboxylic acids is 1. The van der Waals surface area contributed by atoms with Gasteiger partial charge >= 0.3 is 5.97 Å². The second-order valence-corrected chi connectivity index (χ2v) is 5.38. The zero-order chi connectivity index (χ0) is 14.5. The average molecular weight is 279 g/mol. The zero-order valence-corrected chi connectivity index (χ0v) is 11.8. The minimum Gasteiger partial charge on any atom is -0.478 e.